The number of hydrogen-bond donors (Lipinski definition) is 1. The van der Waals surface area contributed by atoms with E-state index >= 15 is 0 Å². The number of nitrogens with zero attached hydrogens (tertiary/aromatic N) is 5. The fraction of sp³-hybridized carbons (Fsp3) is 0.769. The average molecular weight is 278 g/mol. The molecular formula is C13H22N6O. The minimum absolute atomic E-state index is 0.295. The molecule has 3 heterocycles. The van der Waals surface area contributed by atoms with Gasteiger partial charge in [-0.25, -0.2) is 0 Å². The molecule has 3 rings (SSSR count). The quantitative estimate of drug-likeness (QED) is 0.845. The number of morpholine rings is 1. The van der Waals surface area contributed by atoms with Crippen LogP contribution in [0.3, 0.4) is 0 Å². The van der Waals surface area contributed by atoms with Crippen LogP contribution in [0.4, 0.5) is 17.8 Å². The van der Waals surface area contributed by atoms with E-state index < -0.39 is 0 Å². The molecule has 0 radical (unpaired) electrons. The predicted molar refractivity (Wildman–Crippen MR) is 77.9 cm³/mol. The highest BCUT2D eigenvalue weighted by atomic mass is 16.5. The summed E-state index contributed by atoms with van der Waals surface area (Å²) in [6.07, 6.45) is 1.17. The molecule has 1 aromatic heterocycles. The summed E-state index contributed by atoms with van der Waals surface area (Å²) in [4.78, 5) is 17.5. The lowest BCUT2D eigenvalue weighted by molar-refractivity contribution is 0.122. The Kier molecular flexibility index (Phi) is 3.60. The Hall–Kier alpha value is -1.63. The van der Waals surface area contributed by atoms with Crippen LogP contribution in [0.25, 0.3) is 0 Å². The Morgan fingerprint density at radius 3 is 2.45 bits per heavy atom. The number of hydrogen-bond acceptors (Lipinski definition) is 7. The van der Waals surface area contributed by atoms with Crippen molar-refractivity contribution in [2.75, 3.05) is 48.4 Å². The molecule has 2 aliphatic heterocycles. The van der Waals surface area contributed by atoms with E-state index in [1.54, 1.807) is 0 Å². The first-order valence-corrected chi connectivity index (χ1v) is 7.24. The van der Waals surface area contributed by atoms with Crippen molar-refractivity contribution in [1.82, 2.24) is 15.0 Å². The van der Waals surface area contributed by atoms with Gasteiger partial charge in [0.15, 0.2) is 0 Å². The van der Waals surface area contributed by atoms with Gasteiger partial charge in [-0.1, -0.05) is 6.92 Å². The summed E-state index contributed by atoms with van der Waals surface area (Å²) in [5.41, 5.74) is 5.87. The maximum absolute atomic E-state index is 5.87. The van der Waals surface area contributed by atoms with Gasteiger partial charge in [0.2, 0.25) is 17.8 Å². The van der Waals surface area contributed by atoms with Crippen molar-refractivity contribution in [2.24, 2.45) is 5.92 Å². The van der Waals surface area contributed by atoms with Gasteiger partial charge in [0, 0.05) is 25.7 Å². The highest BCUT2D eigenvalue weighted by Crippen LogP contribution is 2.27. The van der Waals surface area contributed by atoms with Crippen LogP contribution in [0.15, 0.2) is 0 Å². The number of rotatable bonds is 2. The summed E-state index contributed by atoms with van der Waals surface area (Å²) in [5.74, 6) is 2.33. The number of nitrogens with two attached hydrogens (primary N) is 1. The molecule has 2 N–H and O–H groups in total. The van der Waals surface area contributed by atoms with Crippen molar-refractivity contribution in [3.63, 3.8) is 0 Å². The molecule has 2 saturated heterocycles. The van der Waals surface area contributed by atoms with Gasteiger partial charge in [0.1, 0.15) is 0 Å². The second kappa shape index (κ2) is 5.40. The van der Waals surface area contributed by atoms with E-state index in [0.717, 1.165) is 19.6 Å². The SMILES string of the molecule is CC1CC(C)N(c2nc(N)nc(N3CCOCC3)n2)C1. The van der Waals surface area contributed by atoms with Gasteiger partial charge in [0.25, 0.3) is 0 Å². The summed E-state index contributed by atoms with van der Waals surface area (Å²) in [6, 6.07) is 0.448. The molecule has 0 amide bonds. The Labute approximate surface area is 119 Å². The lowest BCUT2D eigenvalue weighted by atomic mass is 10.1. The zero-order valence-electron chi connectivity index (χ0n) is 12.1. The van der Waals surface area contributed by atoms with Crippen LogP contribution < -0.4 is 15.5 Å². The molecular weight excluding hydrogens is 256 g/mol. The molecule has 2 unspecified atom stereocenters. The standard InChI is InChI=1S/C13H22N6O/c1-9-7-10(2)19(8-9)13-16-11(14)15-12(17-13)18-3-5-20-6-4-18/h9-10H,3-8H2,1-2H3,(H2,14,15,16,17). The van der Waals surface area contributed by atoms with Crippen molar-refractivity contribution in [3.8, 4) is 0 Å². The van der Waals surface area contributed by atoms with Crippen molar-refractivity contribution in [2.45, 2.75) is 26.3 Å². The third-order valence-corrected chi connectivity index (χ3v) is 3.96. The third kappa shape index (κ3) is 2.63. The van der Waals surface area contributed by atoms with Gasteiger partial charge < -0.3 is 20.3 Å². The van der Waals surface area contributed by atoms with Crippen LogP contribution in [0.5, 0.6) is 0 Å². The number of nitrogen functional groups attached to an aromatic ring is 1. The van der Waals surface area contributed by atoms with Gasteiger partial charge in [-0.3, -0.25) is 0 Å². The predicted octanol–water partition coefficient (Wildman–Crippen LogP) is 0.525. The second-order valence-electron chi connectivity index (χ2n) is 5.74. The lowest BCUT2D eigenvalue weighted by Gasteiger charge is -2.28. The Bertz CT molecular complexity index is 476. The van der Waals surface area contributed by atoms with E-state index in [1.807, 2.05) is 0 Å². The largest absolute Gasteiger partial charge is 0.378 e. The van der Waals surface area contributed by atoms with Gasteiger partial charge in [0.05, 0.1) is 13.2 Å². The highest BCUT2D eigenvalue weighted by molar-refractivity contribution is 5.45. The van der Waals surface area contributed by atoms with Gasteiger partial charge in [-0.2, -0.15) is 15.0 Å². The fourth-order valence-corrected chi connectivity index (χ4v) is 2.98. The van der Waals surface area contributed by atoms with Crippen LogP contribution in [-0.2, 0) is 4.74 Å². The first-order chi connectivity index (χ1) is 9.63. The van der Waals surface area contributed by atoms with Crippen molar-refractivity contribution >= 4 is 17.8 Å². The lowest BCUT2D eigenvalue weighted by Crippen LogP contribution is -2.38. The van der Waals surface area contributed by atoms with Gasteiger partial charge in [-0.05, 0) is 19.3 Å². The topological polar surface area (TPSA) is 80.4 Å². The van der Waals surface area contributed by atoms with E-state index in [9.17, 15) is 0 Å². The molecule has 20 heavy (non-hydrogen) atoms. The normalized spacial score (nSPS) is 27.1. The van der Waals surface area contributed by atoms with E-state index in [0.29, 0.717) is 43.0 Å². The van der Waals surface area contributed by atoms with Crippen LogP contribution in [0, 0.1) is 5.92 Å². The molecule has 0 saturated carbocycles. The summed E-state index contributed by atoms with van der Waals surface area (Å²) in [7, 11) is 0. The number of anilines is 3. The highest BCUT2D eigenvalue weighted by Gasteiger charge is 2.29. The smallest absolute Gasteiger partial charge is 0.232 e. The monoisotopic (exact) mass is 278 g/mol. The Morgan fingerprint density at radius 2 is 1.80 bits per heavy atom. The minimum Gasteiger partial charge on any atom is -0.378 e. The molecule has 7 nitrogen and oxygen atoms in total. The molecule has 110 valence electrons. The van der Waals surface area contributed by atoms with E-state index in [2.05, 4.69) is 38.6 Å². The van der Waals surface area contributed by atoms with E-state index in [-0.39, 0.29) is 0 Å². The molecule has 0 aliphatic carbocycles. The molecule has 7 heteroatoms. The summed E-state index contributed by atoms with van der Waals surface area (Å²) in [6.45, 7) is 8.45. The number of ether oxygens (including phenoxy) is 1. The van der Waals surface area contributed by atoms with Crippen LogP contribution >= 0.6 is 0 Å². The van der Waals surface area contributed by atoms with Gasteiger partial charge in [-0.15, -0.1) is 0 Å². The molecule has 2 aliphatic rings. The molecule has 2 fully saturated rings. The minimum atomic E-state index is 0.295. The van der Waals surface area contributed by atoms with Gasteiger partial charge >= 0.3 is 0 Å². The van der Waals surface area contributed by atoms with Crippen LogP contribution in [-0.4, -0.2) is 53.8 Å². The third-order valence-electron chi connectivity index (χ3n) is 3.96. The van der Waals surface area contributed by atoms with E-state index in [1.165, 1.54) is 6.42 Å². The Balaban J connectivity index is 1.86. The van der Waals surface area contributed by atoms with Crippen molar-refractivity contribution < 1.29 is 4.74 Å². The van der Waals surface area contributed by atoms with Crippen molar-refractivity contribution in [1.29, 1.82) is 0 Å². The molecule has 0 spiro atoms. The van der Waals surface area contributed by atoms with Crippen molar-refractivity contribution in [3.05, 3.63) is 0 Å². The molecule has 2 atom stereocenters. The molecule has 0 bridgehead atoms. The number of aromatic nitrogens is 3. The average Bonchev–Trinajstić information content (AvgIpc) is 2.78. The molecule has 1 aromatic rings. The summed E-state index contributed by atoms with van der Waals surface area (Å²) in [5, 5.41) is 0. The first kappa shape index (κ1) is 13.4. The zero-order valence-corrected chi connectivity index (χ0v) is 12.1. The van der Waals surface area contributed by atoms with Crippen LogP contribution in [0.1, 0.15) is 20.3 Å². The molecule has 0 aromatic carbocycles. The Morgan fingerprint density at radius 1 is 1.10 bits per heavy atom. The fourth-order valence-electron chi connectivity index (χ4n) is 2.98. The summed E-state index contributed by atoms with van der Waals surface area (Å²) >= 11 is 0. The second-order valence-corrected chi connectivity index (χ2v) is 5.74. The maximum Gasteiger partial charge on any atom is 0.232 e. The van der Waals surface area contributed by atoms with E-state index in [4.69, 9.17) is 10.5 Å². The maximum atomic E-state index is 5.87. The zero-order chi connectivity index (χ0) is 14.1. The van der Waals surface area contributed by atoms with Crippen LogP contribution in [0.2, 0.25) is 0 Å². The first-order valence-electron chi connectivity index (χ1n) is 7.24. The summed E-state index contributed by atoms with van der Waals surface area (Å²) < 4.78 is 5.36.